The quantitative estimate of drug-likeness (QED) is 0.850. The molecule has 0 unspecified atom stereocenters. The number of aromatic nitrogens is 1. The Bertz CT molecular complexity index is 359. The van der Waals surface area contributed by atoms with Crippen LogP contribution in [0.1, 0.15) is 43.9 Å². The number of pyridine rings is 1. The number of hydrogen-bond acceptors (Lipinski definition) is 3. The van der Waals surface area contributed by atoms with E-state index >= 15 is 0 Å². The molecule has 1 saturated carbocycles. The van der Waals surface area contributed by atoms with Crippen LogP contribution in [0.3, 0.4) is 0 Å². The van der Waals surface area contributed by atoms with Crippen LogP contribution in [0, 0.1) is 0 Å². The summed E-state index contributed by atoms with van der Waals surface area (Å²) in [5.41, 5.74) is 2.37. The predicted octanol–water partition coefficient (Wildman–Crippen LogP) is 2.68. The first-order valence-electron chi connectivity index (χ1n) is 6.63. The van der Waals surface area contributed by atoms with Gasteiger partial charge in [0.1, 0.15) is 6.10 Å². The van der Waals surface area contributed by atoms with Gasteiger partial charge in [-0.1, -0.05) is 6.92 Å². The molecular formula is C14H22N2O. The summed E-state index contributed by atoms with van der Waals surface area (Å²) in [6.45, 7) is 3.00. The van der Waals surface area contributed by atoms with E-state index in [0.29, 0.717) is 6.10 Å². The normalized spacial score (nSPS) is 16.4. The Morgan fingerprint density at radius 2 is 2.12 bits per heavy atom. The molecule has 1 fully saturated rings. The van der Waals surface area contributed by atoms with E-state index in [1.807, 2.05) is 7.05 Å². The molecular weight excluding hydrogens is 212 g/mol. The van der Waals surface area contributed by atoms with E-state index in [4.69, 9.17) is 4.74 Å². The fraction of sp³-hybridized carbons (Fsp3) is 0.643. The molecule has 1 aromatic heterocycles. The molecule has 1 aromatic rings. The molecule has 1 aliphatic rings. The van der Waals surface area contributed by atoms with Crippen LogP contribution < -0.4 is 10.1 Å². The highest BCUT2D eigenvalue weighted by Gasteiger charge is 2.17. The van der Waals surface area contributed by atoms with Gasteiger partial charge in [0, 0.05) is 18.3 Å². The van der Waals surface area contributed by atoms with Crippen LogP contribution >= 0.6 is 0 Å². The Hall–Kier alpha value is -1.09. The summed E-state index contributed by atoms with van der Waals surface area (Å²) in [7, 11) is 1.96. The second-order valence-electron chi connectivity index (χ2n) is 4.71. The van der Waals surface area contributed by atoms with E-state index in [1.165, 1.54) is 31.2 Å². The van der Waals surface area contributed by atoms with Crippen LogP contribution in [0.2, 0.25) is 0 Å². The third-order valence-corrected chi connectivity index (χ3v) is 3.25. The topological polar surface area (TPSA) is 34.1 Å². The van der Waals surface area contributed by atoms with Gasteiger partial charge >= 0.3 is 0 Å². The number of ether oxygens (including phenoxy) is 1. The van der Waals surface area contributed by atoms with Crippen molar-refractivity contribution in [2.75, 3.05) is 7.05 Å². The van der Waals surface area contributed by atoms with Gasteiger partial charge in [-0.2, -0.15) is 0 Å². The van der Waals surface area contributed by atoms with Crippen LogP contribution in [0.5, 0.6) is 5.88 Å². The van der Waals surface area contributed by atoms with E-state index < -0.39 is 0 Å². The smallest absolute Gasteiger partial charge is 0.214 e. The number of hydrogen-bond donors (Lipinski definition) is 1. The predicted molar refractivity (Wildman–Crippen MR) is 69.3 cm³/mol. The number of aryl methyl sites for hydroxylation is 1. The van der Waals surface area contributed by atoms with Gasteiger partial charge in [-0.25, -0.2) is 4.98 Å². The molecule has 17 heavy (non-hydrogen) atoms. The molecule has 0 amide bonds. The summed E-state index contributed by atoms with van der Waals surface area (Å²) in [5, 5.41) is 3.17. The number of nitrogens with zero attached hydrogens (tertiary/aromatic N) is 1. The highest BCUT2D eigenvalue weighted by Crippen LogP contribution is 2.24. The zero-order chi connectivity index (χ0) is 12.1. The number of nitrogens with one attached hydrogen (secondary N) is 1. The number of rotatable bonds is 5. The summed E-state index contributed by atoms with van der Waals surface area (Å²) < 4.78 is 5.97. The Morgan fingerprint density at radius 1 is 1.35 bits per heavy atom. The van der Waals surface area contributed by atoms with Crippen molar-refractivity contribution >= 4 is 0 Å². The van der Waals surface area contributed by atoms with Crippen molar-refractivity contribution in [3.05, 3.63) is 23.4 Å². The molecule has 1 aliphatic carbocycles. The second-order valence-corrected chi connectivity index (χ2v) is 4.71. The Balaban J connectivity index is 2.10. The van der Waals surface area contributed by atoms with Crippen molar-refractivity contribution in [2.24, 2.45) is 0 Å². The van der Waals surface area contributed by atoms with Crippen molar-refractivity contribution in [2.45, 2.75) is 51.7 Å². The minimum Gasteiger partial charge on any atom is -0.474 e. The standard InChI is InChI=1S/C14H22N2O/c1-3-12-8-11(10-15-2)9-14(16-12)17-13-6-4-5-7-13/h8-9,13,15H,3-7,10H2,1-2H3. The molecule has 0 aliphatic heterocycles. The molecule has 0 atom stereocenters. The van der Waals surface area contributed by atoms with Gasteiger partial charge in [-0.3, -0.25) is 0 Å². The summed E-state index contributed by atoms with van der Waals surface area (Å²) >= 11 is 0. The third-order valence-electron chi connectivity index (χ3n) is 3.25. The first kappa shape index (κ1) is 12.4. The molecule has 0 radical (unpaired) electrons. The zero-order valence-corrected chi connectivity index (χ0v) is 10.8. The average Bonchev–Trinajstić information content (AvgIpc) is 2.82. The molecule has 0 bridgehead atoms. The lowest BCUT2D eigenvalue weighted by atomic mass is 10.2. The van der Waals surface area contributed by atoms with Crippen molar-refractivity contribution < 1.29 is 4.74 Å². The van der Waals surface area contributed by atoms with Crippen molar-refractivity contribution in [1.29, 1.82) is 0 Å². The van der Waals surface area contributed by atoms with Gasteiger partial charge in [0.15, 0.2) is 0 Å². The lowest BCUT2D eigenvalue weighted by Crippen LogP contribution is -2.13. The maximum absolute atomic E-state index is 5.97. The minimum absolute atomic E-state index is 0.386. The molecule has 0 saturated heterocycles. The van der Waals surface area contributed by atoms with Gasteiger partial charge in [0.25, 0.3) is 0 Å². The van der Waals surface area contributed by atoms with Crippen molar-refractivity contribution in [1.82, 2.24) is 10.3 Å². The fourth-order valence-corrected chi connectivity index (χ4v) is 2.35. The maximum atomic E-state index is 5.97. The zero-order valence-electron chi connectivity index (χ0n) is 10.8. The lowest BCUT2D eigenvalue weighted by Gasteiger charge is -2.14. The lowest BCUT2D eigenvalue weighted by molar-refractivity contribution is 0.200. The van der Waals surface area contributed by atoms with E-state index in [1.54, 1.807) is 0 Å². The van der Waals surface area contributed by atoms with E-state index in [0.717, 1.165) is 24.5 Å². The molecule has 2 rings (SSSR count). The molecule has 1 N–H and O–H groups in total. The molecule has 0 spiro atoms. The largest absolute Gasteiger partial charge is 0.474 e. The van der Waals surface area contributed by atoms with Gasteiger partial charge in [-0.05, 0) is 50.8 Å². The first-order valence-corrected chi connectivity index (χ1v) is 6.63. The fourth-order valence-electron chi connectivity index (χ4n) is 2.35. The molecule has 94 valence electrons. The molecule has 1 heterocycles. The molecule has 0 aromatic carbocycles. The van der Waals surface area contributed by atoms with Crippen LogP contribution in [-0.2, 0) is 13.0 Å². The molecule has 3 heteroatoms. The van der Waals surface area contributed by atoms with Crippen LogP contribution in [0.25, 0.3) is 0 Å². The highest BCUT2D eigenvalue weighted by molar-refractivity contribution is 5.25. The van der Waals surface area contributed by atoms with Crippen LogP contribution in [0.4, 0.5) is 0 Å². The minimum atomic E-state index is 0.386. The highest BCUT2D eigenvalue weighted by atomic mass is 16.5. The Labute approximate surface area is 104 Å². The van der Waals surface area contributed by atoms with Crippen molar-refractivity contribution in [3.8, 4) is 5.88 Å². The monoisotopic (exact) mass is 234 g/mol. The van der Waals surface area contributed by atoms with Gasteiger partial charge < -0.3 is 10.1 Å². The van der Waals surface area contributed by atoms with E-state index in [-0.39, 0.29) is 0 Å². The summed E-state index contributed by atoms with van der Waals surface area (Å²) in [5.74, 6) is 0.807. The first-order chi connectivity index (χ1) is 8.31. The second kappa shape index (κ2) is 6.01. The van der Waals surface area contributed by atoms with Gasteiger partial charge in [0.2, 0.25) is 5.88 Å². The van der Waals surface area contributed by atoms with E-state index in [2.05, 4.69) is 29.4 Å². The maximum Gasteiger partial charge on any atom is 0.214 e. The van der Waals surface area contributed by atoms with Crippen LogP contribution in [0.15, 0.2) is 12.1 Å². The SMILES string of the molecule is CCc1cc(CNC)cc(OC2CCCC2)n1. The van der Waals surface area contributed by atoms with Crippen molar-refractivity contribution in [3.63, 3.8) is 0 Å². The van der Waals surface area contributed by atoms with Gasteiger partial charge in [0.05, 0.1) is 0 Å². The van der Waals surface area contributed by atoms with Crippen LogP contribution in [-0.4, -0.2) is 18.1 Å². The summed E-state index contributed by atoms with van der Waals surface area (Å²) in [6, 6.07) is 4.21. The summed E-state index contributed by atoms with van der Waals surface area (Å²) in [4.78, 5) is 4.55. The summed E-state index contributed by atoms with van der Waals surface area (Å²) in [6.07, 6.45) is 6.29. The van der Waals surface area contributed by atoms with Gasteiger partial charge in [-0.15, -0.1) is 0 Å². The Morgan fingerprint density at radius 3 is 2.76 bits per heavy atom. The third kappa shape index (κ3) is 3.43. The van der Waals surface area contributed by atoms with E-state index in [9.17, 15) is 0 Å². The average molecular weight is 234 g/mol. The Kier molecular flexibility index (Phi) is 4.37. The molecule has 3 nitrogen and oxygen atoms in total.